The van der Waals surface area contributed by atoms with Gasteiger partial charge in [0.1, 0.15) is 12.2 Å². The monoisotopic (exact) mass is 468 g/mol. The van der Waals surface area contributed by atoms with E-state index in [4.69, 9.17) is 32.7 Å². The predicted molar refractivity (Wildman–Crippen MR) is 124 cm³/mol. The minimum Gasteiger partial charge on any atom is -0.493 e. The molecule has 32 heavy (non-hydrogen) atoms. The molecular weight excluding hydrogens is 451 g/mol. The van der Waals surface area contributed by atoms with E-state index < -0.39 is 11.8 Å². The first-order chi connectivity index (χ1) is 15.5. The maximum atomic E-state index is 12.9. The molecule has 1 N–H and O–H groups in total. The first-order valence-corrected chi connectivity index (χ1v) is 10.4. The number of amides is 2. The van der Waals surface area contributed by atoms with Crippen molar-refractivity contribution in [1.82, 2.24) is 5.43 Å². The lowest BCUT2D eigenvalue weighted by atomic mass is 10.1. The second-order valence-electron chi connectivity index (χ2n) is 6.88. The fourth-order valence-corrected chi connectivity index (χ4v) is 3.65. The molecule has 1 saturated heterocycles. The summed E-state index contributed by atoms with van der Waals surface area (Å²) in [5, 5.41) is 2.12. The minimum atomic E-state index is -0.533. The molecule has 0 radical (unpaired) electrons. The van der Waals surface area contributed by atoms with Crippen LogP contribution in [-0.4, -0.2) is 18.9 Å². The molecule has 0 bridgehead atoms. The van der Waals surface area contributed by atoms with Crippen molar-refractivity contribution in [2.45, 2.75) is 6.61 Å². The fourth-order valence-electron chi connectivity index (χ4n) is 3.24. The molecule has 2 amide bonds. The van der Waals surface area contributed by atoms with E-state index in [1.165, 1.54) is 18.2 Å². The number of halogens is 2. The van der Waals surface area contributed by atoms with Crippen LogP contribution < -0.4 is 19.9 Å². The Balaban J connectivity index is 1.70. The lowest BCUT2D eigenvalue weighted by molar-refractivity contribution is -0.117. The number of benzene rings is 3. The topological polar surface area (TPSA) is 67.9 Å². The largest absolute Gasteiger partial charge is 0.493 e. The van der Waals surface area contributed by atoms with Gasteiger partial charge in [-0.3, -0.25) is 15.0 Å². The maximum Gasteiger partial charge on any atom is 0.282 e. The van der Waals surface area contributed by atoms with E-state index in [2.05, 4.69) is 5.43 Å². The summed E-state index contributed by atoms with van der Waals surface area (Å²) < 4.78 is 11.4. The number of anilines is 1. The Labute approximate surface area is 194 Å². The summed E-state index contributed by atoms with van der Waals surface area (Å²) in [6, 6.07) is 19.3. The summed E-state index contributed by atoms with van der Waals surface area (Å²) in [6.45, 7) is 0.157. The zero-order chi connectivity index (χ0) is 22.7. The lowest BCUT2D eigenvalue weighted by Gasteiger charge is -2.15. The van der Waals surface area contributed by atoms with E-state index in [9.17, 15) is 9.59 Å². The SMILES string of the molecule is COc1cc(Cl)cc(/C=C2\C(=O)NN(c3ccccc3)C2=O)c1OCc1ccccc1Cl. The van der Waals surface area contributed by atoms with E-state index in [0.717, 1.165) is 5.56 Å². The standard InChI is InChI=1S/C24H18Cl2N2O4/c1-31-21-13-17(25)11-16(22(21)32-14-15-7-5-6-10-20(15)26)12-19-23(29)27-28(24(19)30)18-8-3-2-4-9-18/h2-13H,14H2,1H3,(H,27,29)/b19-12+. The van der Waals surface area contributed by atoms with Crippen LogP contribution in [0.2, 0.25) is 10.0 Å². The number of hydrogen-bond donors (Lipinski definition) is 1. The number of ether oxygens (including phenoxy) is 2. The van der Waals surface area contributed by atoms with Crippen molar-refractivity contribution in [2.75, 3.05) is 12.1 Å². The molecular formula is C24H18Cl2N2O4. The summed E-state index contributed by atoms with van der Waals surface area (Å²) in [7, 11) is 1.48. The molecule has 0 saturated carbocycles. The summed E-state index contributed by atoms with van der Waals surface area (Å²) in [5.74, 6) is -0.322. The third-order valence-corrected chi connectivity index (χ3v) is 5.39. The summed E-state index contributed by atoms with van der Waals surface area (Å²) in [6.07, 6.45) is 1.44. The van der Waals surface area contributed by atoms with Crippen molar-refractivity contribution in [3.05, 3.63) is 93.5 Å². The Morgan fingerprint density at radius 2 is 1.72 bits per heavy atom. The van der Waals surface area contributed by atoms with Crippen molar-refractivity contribution in [2.24, 2.45) is 0 Å². The molecule has 0 aliphatic carbocycles. The molecule has 3 aromatic rings. The van der Waals surface area contributed by atoms with E-state index in [-0.39, 0.29) is 12.2 Å². The first-order valence-electron chi connectivity index (χ1n) is 9.64. The molecule has 1 aliphatic heterocycles. The van der Waals surface area contributed by atoms with Gasteiger partial charge in [0.25, 0.3) is 11.8 Å². The molecule has 6 nitrogen and oxygen atoms in total. The van der Waals surface area contributed by atoms with Crippen molar-refractivity contribution >= 4 is 46.8 Å². The maximum absolute atomic E-state index is 12.9. The van der Waals surface area contributed by atoms with Gasteiger partial charge in [-0.15, -0.1) is 0 Å². The van der Waals surface area contributed by atoms with Crippen molar-refractivity contribution < 1.29 is 19.1 Å². The highest BCUT2D eigenvalue weighted by Crippen LogP contribution is 2.37. The molecule has 0 atom stereocenters. The highest BCUT2D eigenvalue weighted by molar-refractivity contribution is 6.33. The van der Waals surface area contributed by atoms with Gasteiger partial charge in [0.05, 0.1) is 12.8 Å². The average molecular weight is 469 g/mol. The van der Waals surface area contributed by atoms with Crippen LogP contribution in [0.1, 0.15) is 11.1 Å². The van der Waals surface area contributed by atoms with Crippen molar-refractivity contribution in [1.29, 1.82) is 0 Å². The van der Waals surface area contributed by atoms with Gasteiger partial charge in [-0.2, -0.15) is 0 Å². The van der Waals surface area contributed by atoms with Crippen molar-refractivity contribution in [3.8, 4) is 11.5 Å². The summed E-state index contributed by atoms with van der Waals surface area (Å²) >= 11 is 12.5. The molecule has 3 aromatic carbocycles. The molecule has 8 heteroatoms. The highest BCUT2D eigenvalue weighted by atomic mass is 35.5. The summed E-state index contributed by atoms with van der Waals surface area (Å²) in [4.78, 5) is 25.5. The predicted octanol–water partition coefficient (Wildman–Crippen LogP) is 5.04. The number of para-hydroxylation sites is 1. The molecule has 0 spiro atoms. The smallest absolute Gasteiger partial charge is 0.282 e. The fraction of sp³-hybridized carbons (Fsp3) is 0.0833. The van der Waals surface area contributed by atoms with Gasteiger partial charge in [-0.25, -0.2) is 5.01 Å². The number of carbonyl (C=O) groups excluding carboxylic acids is 2. The van der Waals surface area contributed by atoms with Gasteiger partial charge >= 0.3 is 0 Å². The van der Waals surface area contributed by atoms with Crippen LogP contribution in [0.4, 0.5) is 5.69 Å². The number of carbonyl (C=O) groups is 2. The second-order valence-corrected chi connectivity index (χ2v) is 7.73. The first kappa shape index (κ1) is 21.7. The number of nitrogens with zero attached hydrogens (tertiary/aromatic N) is 1. The average Bonchev–Trinajstić information content (AvgIpc) is 3.08. The Morgan fingerprint density at radius 1 is 1.00 bits per heavy atom. The summed E-state index contributed by atoms with van der Waals surface area (Å²) in [5.41, 5.74) is 4.27. The Bertz CT molecular complexity index is 1210. The van der Waals surface area contributed by atoms with Gasteiger partial charge in [-0.05, 0) is 30.3 Å². The molecule has 1 aliphatic rings. The van der Waals surface area contributed by atoms with Crippen LogP contribution in [0.15, 0.2) is 72.3 Å². The molecule has 0 unspecified atom stereocenters. The normalized spacial score (nSPS) is 14.6. The molecule has 4 rings (SSSR count). The molecule has 1 fully saturated rings. The zero-order valence-corrected chi connectivity index (χ0v) is 18.5. The van der Waals surface area contributed by atoms with Gasteiger partial charge < -0.3 is 9.47 Å². The third-order valence-electron chi connectivity index (χ3n) is 4.80. The Hall–Kier alpha value is -3.48. The van der Waals surface area contributed by atoms with Crippen LogP contribution in [0.3, 0.4) is 0 Å². The number of hydrazine groups is 1. The third kappa shape index (κ3) is 4.42. The zero-order valence-electron chi connectivity index (χ0n) is 17.0. The van der Waals surface area contributed by atoms with Crippen LogP contribution in [-0.2, 0) is 16.2 Å². The van der Waals surface area contributed by atoms with E-state index in [1.54, 1.807) is 42.5 Å². The minimum absolute atomic E-state index is 0.0548. The van der Waals surface area contributed by atoms with E-state index in [1.807, 2.05) is 24.3 Å². The van der Waals surface area contributed by atoms with Crippen LogP contribution in [0.25, 0.3) is 6.08 Å². The quantitative estimate of drug-likeness (QED) is 0.406. The lowest BCUT2D eigenvalue weighted by Crippen LogP contribution is -2.35. The van der Waals surface area contributed by atoms with Crippen LogP contribution in [0.5, 0.6) is 11.5 Å². The van der Waals surface area contributed by atoms with Crippen LogP contribution >= 0.6 is 23.2 Å². The van der Waals surface area contributed by atoms with Gasteiger partial charge in [-0.1, -0.05) is 59.6 Å². The van der Waals surface area contributed by atoms with E-state index in [0.29, 0.717) is 32.8 Å². The Kier molecular flexibility index (Phi) is 6.35. The van der Waals surface area contributed by atoms with Gasteiger partial charge in [0.2, 0.25) is 0 Å². The number of hydrogen-bond acceptors (Lipinski definition) is 4. The number of rotatable bonds is 6. The number of nitrogens with one attached hydrogen (secondary N) is 1. The van der Waals surface area contributed by atoms with Gasteiger partial charge in [0.15, 0.2) is 11.5 Å². The van der Waals surface area contributed by atoms with E-state index >= 15 is 0 Å². The molecule has 162 valence electrons. The second kappa shape index (κ2) is 9.34. The number of methoxy groups -OCH3 is 1. The molecule has 0 aromatic heterocycles. The van der Waals surface area contributed by atoms with Crippen molar-refractivity contribution in [3.63, 3.8) is 0 Å². The Morgan fingerprint density at radius 3 is 2.44 bits per heavy atom. The van der Waals surface area contributed by atoms with Crippen LogP contribution in [0, 0.1) is 0 Å². The molecule has 1 heterocycles. The highest BCUT2D eigenvalue weighted by Gasteiger charge is 2.34. The van der Waals surface area contributed by atoms with Gasteiger partial charge in [0, 0.05) is 27.2 Å².